The molecule has 0 aromatic heterocycles. The van der Waals surface area contributed by atoms with Gasteiger partial charge in [-0.3, -0.25) is 18.6 Å². The van der Waals surface area contributed by atoms with Gasteiger partial charge in [0.05, 0.1) is 13.2 Å². The van der Waals surface area contributed by atoms with Gasteiger partial charge in [-0.2, -0.15) is 0 Å². The van der Waals surface area contributed by atoms with E-state index in [2.05, 4.69) is 13.8 Å². The predicted molar refractivity (Wildman–Crippen MR) is 257 cm³/mol. The van der Waals surface area contributed by atoms with Crippen molar-refractivity contribution < 1.29 is 37.6 Å². The third kappa shape index (κ3) is 48.3. The first-order valence-corrected chi connectivity index (χ1v) is 28.0. The van der Waals surface area contributed by atoms with Crippen LogP contribution in [0.1, 0.15) is 284 Å². The molecule has 0 aromatic rings. The zero-order valence-electron chi connectivity index (χ0n) is 40.4. The number of carbonyl (C=O) groups is 2. The lowest BCUT2D eigenvalue weighted by molar-refractivity contribution is -0.161. The summed E-state index contributed by atoms with van der Waals surface area (Å²) in [5, 5.41) is 0. The smallest absolute Gasteiger partial charge is 0.462 e. The van der Waals surface area contributed by atoms with Gasteiger partial charge in [-0.15, -0.1) is 0 Å². The molecule has 0 saturated heterocycles. The molecule has 0 rings (SSSR count). The first kappa shape index (κ1) is 60.0. The van der Waals surface area contributed by atoms with Crippen molar-refractivity contribution in [3.05, 3.63) is 0 Å². The fraction of sp³-hybridized carbons (Fsp3) is 0.961. The number of ether oxygens (including phenoxy) is 2. The molecule has 0 saturated carbocycles. The lowest BCUT2D eigenvalue weighted by Gasteiger charge is -2.19. The molecular weight excluding hydrogens is 786 g/mol. The Kier molecular flexibility index (Phi) is 47.7. The topological polar surface area (TPSA) is 134 Å². The zero-order valence-corrected chi connectivity index (χ0v) is 41.3. The Morgan fingerprint density at radius 2 is 0.705 bits per heavy atom. The van der Waals surface area contributed by atoms with Gasteiger partial charge in [0.25, 0.3) is 0 Å². The number of phosphoric acid groups is 1. The highest BCUT2D eigenvalue weighted by Gasteiger charge is 2.26. The van der Waals surface area contributed by atoms with E-state index in [1.807, 2.05) is 0 Å². The molecule has 0 spiro atoms. The van der Waals surface area contributed by atoms with E-state index in [0.29, 0.717) is 6.42 Å². The Bertz CT molecular complexity index is 969. The van der Waals surface area contributed by atoms with Crippen molar-refractivity contribution in [3.8, 4) is 0 Å². The van der Waals surface area contributed by atoms with E-state index in [0.717, 1.165) is 38.5 Å². The number of nitrogens with two attached hydrogens (primary N) is 1. The molecule has 61 heavy (non-hydrogen) atoms. The maximum atomic E-state index is 12.6. The molecule has 0 fully saturated rings. The van der Waals surface area contributed by atoms with E-state index in [-0.39, 0.29) is 38.6 Å². The van der Waals surface area contributed by atoms with E-state index >= 15 is 0 Å². The summed E-state index contributed by atoms with van der Waals surface area (Å²) < 4.78 is 32.7. The number of carbonyl (C=O) groups excluding carboxylic acids is 2. The van der Waals surface area contributed by atoms with Gasteiger partial charge >= 0.3 is 19.8 Å². The molecule has 0 radical (unpaired) electrons. The van der Waals surface area contributed by atoms with Crippen molar-refractivity contribution in [2.45, 2.75) is 290 Å². The summed E-state index contributed by atoms with van der Waals surface area (Å²) in [4.78, 5) is 34.7. The quantitative estimate of drug-likeness (QED) is 0.0348. The summed E-state index contributed by atoms with van der Waals surface area (Å²) >= 11 is 0. The van der Waals surface area contributed by atoms with Gasteiger partial charge in [0.1, 0.15) is 6.61 Å². The molecule has 0 amide bonds. The SMILES string of the molecule is CCCCCCCCCCCCCCCCCCCCCCCCCCCCCCCCCCCCC(=O)OC(COC(=O)CCCCCCCC)COP(=O)(O)OCCN. The van der Waals surface area contributed by atoms with Crippen molar-refractivity contribution in [1.29, 1.82) is 0 Å². The van der Waals surface area contributed by atoms with Crippen LogP contribution in [-0.4, -0.2) is 49.3 Å². The van der Waals surface area contributed by atoms with E-state index in [4.69, 9.17) is 24.3 Å². The van der Waals surface area contributed by atoms with Gasteiger partial charge in [0.2, 0.25) is 0 Å². The monoisotopic (exact) mass is 888 g/mol. The van der Waals surface area contributed by atoms with Crippen molar-refractivity contribution in [3.63, 3.8) is 0 Å². The minimum atomic E-state index is -4.36. The van der Waals surface area contributed by atoms with Crippen LogP contribution in [0.3, 0.4) is 0 Å². The zero-order chi connectivity index (χ0) is 44.6. The molecule has 0 aliphatic rings. The average molecular weight is 888 g/mol. The summed E-state index contributed by atoms with van der Waals surface area (Å²) in [6.07, 6.45) is 52.3. The number of esters is 2. The molecule has 364 valence electrons. The minimum absolute atomic E-state index is 0.0577. The van der Waals surface area contributed by atoms with Crippen molar-refractivity contribution in [1.82, 2.24) is 0 Å². The molecule has 2 atom stereocenters. The van der Waals surface area contributed by atoms with Crippen LogP contribution >= 0.6 is 7.82 Å². The first-order valence-electron chi connectivity index (χ1n) is 26.5. The average Bonchev–Trinajstić information content (AvgIpc) is 3.25. The highest BCUT2D eigenvalue weighted by atomic mass is 31.2. The molecule has 3 N–H and O–H groups in total. The number of phosphoric ester groups is 1. The van der Waals surface area contributed by atoms with E-state index < -0.39 is 26.5 Å². The second kappa shape index (κ2) is 48.5. The standard InChI is InChI=1S/C51H102NO8P/c1-3-5-7-9-11-12-13-14-15-16-17-18-19-20-21-22-23-24-25-26-27-28-29-30-31-32-33-34-35-36-37-38-40-42-44-51(54)60-49(48-59-61(55,56)58-46-45-52)47-57-50(53)43-41-39-10-8-6-4-2/h49H,3-48,52H2,1-2H3,(H,55,56). The highest BCUT2D eigenvalue weighted by molar-refractivity contribution is 7.47. The van der Waals surface area contributed by atoms with Crippen molar-refractivity contribution in [2.24, 2.45) is 5.73 Å². The molecule has 0 heterocycles. The number of hydrogen-bond acceptors (Lipinski definition) is 8. The molecule has 2 unspecified atom stereocenters. The first-order chi connectivity index (χ1) is 29.8. The van der Waals surface area contributed by atoms with Gasteiger partial charge in [0.15, 0.2) is 6.10 Å². The molecule has 9 nitrogen and oxygen atoms in total. The number of unbranched alkanes of at least 4 members (excludes halogenated alkanes) is 38. The second-order valence-corrected chi connectivity index (χ2v) is 19.6. The highest BCUT2D eigenvalue weighted by Crippen LogP contribution is 2.43. The van der Waals surface area contributed by atoms with E-state index in [1.165, 1.54) is 212 Å². The molecule has 10 heteroatoms. The van der Waals surface area contributed by atoms with Gasteiger partial charge in [0, 0.05) is 19.4 Å². The summed E-state index contributed by atoms with van der Waals surface area (Å²) in [6.45, 7) is 3.71. The Balaban J connectivity index is 3.65. The summed E-state index contributed by atoms with van der Waals surface area (Å²) in [5.41, 5.74) is 5.34. The van der Waals surface area contributed by atoms with Crippen LogP contribution in [0.2, 0.25) is 0 Å². The van der Waals surface area contributed by atoms with Crippen LogP contribution in [0.4, 0.5) is 0 Å². The second-order valence-electron chi connectivity index (χ2n) is 18.1. The fourth-order valence-corrected chi connectivity index (χ4v) is 8.82. The van der Waals surface area contributed by atoms with Crippen LogP contribution < -0.4 is 5.73 Å². The minimum Gasteiger partial charge on any atom is -0.462 e. The molecule has 0 aliphatic carbocycles. The van der Waals surface area contributed by atoms with E-state index in [1.54, 1.807) is 0 Å². The van der Waals surface area contributed by atoms with Gasteiger partial charge in [-0.05, 0) is 12.8 Å². The van der Waals surface area contributed by atoms with Gasteiger partial charge in [-0.1, -0.05) is 258 Å². The Morgan fingerprint density at radius 1 is 0.426 bits per heavy atom. The molecule has 0 aliphatic heterocycles. The summed E-state index contributed by atoms with van der Waals surface area (Å²) in [6, 6.07) is 0. The van der Waals surface area contributed by atoms with Crippen LogP contribution in [0.5, 0.6) is 0 Å². The maximum Gasteiger partial charge on any atom is 0.472 e. The van der Waals surface area contributed by atoms with Crippen LogP contribution in [0.15, 0.2) is 0 Å². The number of hydrogen-bond donors (Lipinski definition) is 2. The predicted octanol–water partition coefficient (Wildman–Crippen LogP) is 16.0. The largest absolute Gasteiger partial charge is 0.472 e. The molecule has 0 aromatic carbocycles. The Hall–Kier alpha value is -0.990. The van der Waals surface area contributed by atoms with E-state index in [9.17, 15) is 19.0 Å². The lowest BCUT2D eigenvalue weighted by atomic mass is 10.0. The molecule has 0 bridgehead atoms. The normalized spacial score (nSPS) is 13.0. The Labute approximate surface area is 377 Å². The van der Waals surface area contributed by atoms with Crippen LogP contribution in [-0.2, 0) is 32.7 Å². The molecular formula is C51H102NO8P. The lowest BCUT2D eigenvalue weighted by Crippen LogP contribution is -2.29. The third-order valence-corrected chi connectivity index (χ3v) is 13.0. The van der Waals surface area contributed by atoms with Gasteiger partial charge in [-0.25, -0.2) is 4.57 Å². The Morgan fingerprint density at radius 3 is 1.00 bits per heavy atom. The third-order valence-electron chi connectivity index (χ3n) is 12.0. The number of rotatable bonds is 51. The van der Waals surface area contributed by atoms with Crippen LogP contribution in [0, 0.1) is 0 Å². The summed E-state index contributed by atoms with van der Waals surface area (Å²) in [7, 11) is -4.36. The van der Waals surface area contributed by atoms with Crippen LogP contribution in [0.25, 0.3) is 0 Å². The fourth-order valence-electron chi connectivity index (χ4n) is 8.05. The summed E-state index contributed by atoms with van der Waals surface area (Å²) in [5.74, 6) is -0.822. The van der Waals surface area contributed by atoms with Gasteiger partial charge < -0.3 is 20.1 Å². The maximum absolute atomic E-state index is 12.6. The van der Waals surface area contributed by atoms with Crippen molar-refractivity contribution in [2.75, 3.05) is 26.4 Å². The van der Waals surface area contributed by atoms with Crippen molar-refractivity contribution >= 4 is 19.8 Å².